The van der Waals surface area contributed by atoms with Crippen LogP contribution in [0.25, 0.3) is 22.6 Å². The number of rotatable bonds is 4. The normalized spacial score (nSPS) is 10.7. The number of hydrogen-bond donors (Lipinski definition) is 2. The summed E-state index contributed by atoms with van der Waals surface area (Å²) in [5.41, 5.74) is 3.82. The molecule has 0 aliphatic carbocycles. The van der Waals surface area contributed by atoms with Crippen molar-refractivity contribution in [3.8, 4) is 22.6 Å². The van der Waals surface area contributed by atoms with E-state index in [0.717, 1.165) is 21.4 Å². The number of anilines is 2. The minimum Gasteiger partial charge on any atom is -0.343 e. The number of imidazole rings is 1. The van der Waals surface area contributed by atoms with Gasteiger partial charge in [0.15, 0.2) is 0 Å². The lowest BCUT2D eigenvalue weighted by Gasteiger charge is -2.07. The van der Waals surface area contributed by atoms with E-state index < -0.39 is 0 Å². The van der Waals surface area contributed by atoms with Gasteiger partial charge in [0, 0.05) is 21.9 Å². The summed E-state index contributed by atoms with van der Waals surface area (Å²) in [6.45, 7) is 0. The van der Waals surface area contributed by atoms with Crippen molar-refractivity contribution in [3.63, 3.8) is 0 Å². The van der Waals surface area contributed by atoms with Gasteiger partial charge >= 0.3 is 0 Å². The molecule has 0 saturated carbocycles. The zero-order chi connectivity index (χ0) is 17.9. The van der Waals surface area contributed by atoms with E-state index in [1.807, 2.05) is 24.3 Å². The molecule has 7 heteroatoms. The zero-order valence-corrected chi connectivity index (χ0v) is 15.0. The van der Waals surface area contributed by atoms with Crippen LogP contribution in [-0.4, -0.2) is 19.9 Å². The lowest BCUT2D eigenvalue weighted by atomic mass is 10.1. The van der Waals surface area contributed by atoms with Gasteiger partial charge in [-0.1, -0.05) is 22.0 Å². The Labute approximate surface area is 157 Å². The van der Waals surface area contributed by atoms with Gasteiger partial charge in [-0.15, -0.1) is 0 Å². The SMILES string of the molecule is Fc1ccc(-c2nc[nH]c2-c2ccnc(Nc3cccc(Br)c3)n2)cc1. The standard InChI is InChI=1S/C19H13BrFN5/c20-13-2-1-3-15(10-13)25-19-22-9-8-16(26-19)18-17(23-11-24-18)12-4-6-14(21)7-5-12/h1-11H,(H,23,24)(H,22,25,26). The minimum atomic E-state index is -0.284. The molecule has 0 radical (unpaired) electrons. The Bertz CT molecular complexity index is 1050. The van der Waals surface area contributed by atoms with Crippen LogP contribution in [0, 0.1) is 5.82 Å². The van der Waals surface area contributed by atoms with Gasteiger partial charge in [-0.25, -0.2) is 19.3 Å². The van der Waals surface area contributed by atoms with Crippen LogP contribution >= 0.6 is 15.9 Å². The van der Waals surface area contributed by atoms with Crippen molar-refractivity contribution < 1.29 is 4.39 Å². The van der Waals surface area contributed by atoms with Crippen LogP contribution in [0.5, 0.6) is 0 Å². The van der Waals surface area contributed by atoms with Crippen LogP contribution in [0.4, 0.5) is 16.0 Å². The summed E-state index contributed by atoms with van der Waals surface area (Å²) >= 11 is 3.44. The predicted octanol–water partition coefficient (Wildman–Crippen LogP) is 5.18. The van der Waals surface area contributed by atoms with Crippen LogP contribution in [0.3, 0.4) is 0 Å². The Morgan fingerprint density at radius 3 is 2.65 bits per heavy atom. The number of benzene rings is 2. The van der Waals surface area contributed by atoms with Crippen molar-refractivity contribution in [2.75, 3.05) is 5.32 Å². The first-order valence-corrected chi connectivity index (χ1v) is 8.64. The summed E-state index contributed by atoms with van der Waals surface area (Å²) < 4.78 is 14.1. The third-order valence-corrected chi connectivity index (χ3v) is 4.24. The highest BCUT2D eigenvalue weighted by Gasteiger charge is 2.13. The lowest BCUT2D eigenvalue weighted by molar-refractivity contribution is 0.628. The molecule has 4 rings (SSSR count). The molecule has 0 unspecified atom stereocenters. The first-order chi connectivity index (χ1) is 12.7. The van der Waals surface area contributed by atoms with Crippen molar-refractivity contribution >= 4 is 27.6 Å². The molecule has 4 aromatic rings. The van der Waals surface area contributed by atoms with Gasteiger partial charge in [-0.3, -0.25) is 0 Å². The lowest BCUT2D eigenvalue weighted by Crippen LogP contribution is -1.98. The summed E-state index contributed by atoms with van der Waals surface area (Å²) in [5, 5.41) is 3.18. The molecule has 0 spiro atoms. The zero-order valence-electron chi connectivity index (χ0n) is 13.4. The number of aromatic nitrogens is 4. The van der Waals surface area contributed by atoms with Gasteiger partial charge in [0.25, 0.3) is 0 Å². The second-order valence-electron chi connectivity index (χ2n) is 5.53. The van der Waals surface area contributed by atoms with E-state index >= 15 is 0 Å². The summed E-state index contributed by atoms with van der Waals surface area (Å²) in [6.07, 6.45) is 3.27. The van der Waals surface area contributed by atoms with Crippen molar-refractivity contribution in [2.45, 2.75) is 0 Å². The molecule has 5 nitrogen and oxygen atoms in total. The number of nitrogens with one attached hydrogen (secondary N) is 2. The minimum absolute atomic E-state index is 0.284. The second kappa shape index (κ2) is 7.05. The molecule has 0 aliphatic heterocycles. The largest absolute Gasteiger partial charge is 0.343 e. The average Bonchev–Trinajstić information content (AvgIpc) is 3.12. The predicted molar refractivity (Wildman–Crippen MR) is 102 cm³/mol. The molecule has 0 atom stereocenters. The van der Waals surface area contributed by atoms with Crippen LogP contribution in [0.2, 0.25) is 0 Å². The molecule has 26 heavy (non-hydrogen) atoms. The van der Waals surface area contributed by atoms with Crippen molar-refractivity contribution in [2.24, 2.45) is 0 Å². The Balaban J connectivity index is 1.67. The maximum Gasteiger partial charge on any atom is 0.227 e. The fourth-order valence-electron chi connectivity index (χ4n) is 2.57. The monoisotopic (exact) mass is 409 g/mol. The van der Waals surface area contributed by atoms with Gasteiger partial charge < -0.3 is 10.3 Å². The van der Waals surface area contributed by atoms with Crippen LogP contribution in [0.1, 0.15) is 0 Å². The average molecular weight is 410 g/mol. The highest BCUT2D eigenvalue weighted by atomic mass is 79.9. The molecule has 0 bridgehead atoms. The highest BCUT2D eigenvalue weighted by molar-refractivity contribution is 9.10. The van der Waals surface area contributed by atoms with E-state index in [9.17, 15) is 4.39 Å². The van der Waals surface area contributed by atoms with E-state index in [-0.39, 0.29) is 5.82 Å². The Hall–Kier alpha value is -3.06. The first-order valence-electron chi connectivity index (χ1n) is 7.84. The van der Waals surface area contributed by atoms with Gasteiger partial charge in [0.05, 0.1) is 23.4 Å². The number of halogens is 2. The molecule has 0 aliphatic rings. The number of H-pyrrole nitrogens is 1. The van der Waals surface area contributed by atoms with Crippen LogP contribution in [-0.2, 0) is 0 Å². The third-order valence-electron chi connectivity index (χ3n) is 3.75. The van der Waals surface area contributed by atoms with Crippen molar-refractivity contribution in [1.82, 2.24) is 19.9 Å². The summed E-state index contributed by atoms with van der Waals surface area (Å²) in [5.74, 6) is 0.189. The quantitative estimate of drug-likeness (QED) is 0.487. The molecular weight excluding hydrogens is 397 g/mol. The molecule has 0 fully saturated rings. The van der Waals surface area contributed by atoms with E-state index in [1.54, 1.807) is 30.7 Å². The molecule has 2 N–H and O–H groups in total. The molecule has 2 aromatic carbocycles. The van der Waals surface area contributed by atoms with E-state index in [1.165, 1.54) is 12.1 Å². The summed E-state index contributed by atoms with van der Waals surface area (Å²) in [7, 11) is 0. The van der Waals surface area contributed by atoms with Gasteiger partial charge in [0.2, 0.25) is 5.95 Å². The highest BCUT2D eigenvalue weighted by Crippen LogP contribution is 2.28. The van der Waals surface area contributed by atoms with Gasteiger partial charge in [-0.05, 0) is 48.5 Å². The van der Waals surface area contributed by atoms with E-state index in [0.29, 0.717) is 17.3 Å². The molecule has 2 heterocycles. The molecule has 128 valence electrons. The molecular formula is C19H13BrFN5. The number of hydrogen-bond acceptors (Lipinski definition) is 4. The Morgan fingerprint density at radius 2 is 1.85 bits per heavy atom. The Kier molecular flexibility index (Phi) is 4.45. The molecule has 0 saturated heterocycles. The van der Waals surface area contributed by atoms with Crippen molar-refractivity contribution in [1.29, 1.82) is 0 Å². The smallest absolute Gasteiger partial charge is 0.227 e. The van der Waals surface area contributed by atoms with Crippen LogP contribution < -0.4 is 5.32 Å². The Morgan fingerprint density at radius 1 is 1.00 bits per heavy atom. The number of aromatic amines is 1. The maximum atomic E-state index is 13.2. The summed E-state index contributed by atoms with van der Waals surface area (Å²) in [6, 6.07) is 15.7. The van der Waals surface area contributed by atoms with Crippen molar-refractivity contribution in [3.05, 3.63) is 77.4 Å². The van der Waals surface area contributed by atoms with E-state index in [2.05, 4.69) is 41.2 Å². The maximum absolute atomic E-state index is 13.2. The van der Waals surface area contributed by atoms with Gasteiger partial charge in [-0.2, -0.15) is 0 Å². The second-order valence-corrected chi connectivity index (χ2v) is 6.45. The summed E-state index contributed by atoms with van der Waals surface area (Å²) in [4.78, 5) is 16.3. The van der Waals surface area contributed by atoms with Gasteiger partial charge in [0.1, 0.15) is 5.82 Å². The number of nitrogens with zero attached hydrogens (tertiary/aromatic N) is 3. The van der Waals surface area contributed by atoms with E-state index in [4.69, 9.17) is 0 Å². The fraction of sp³-hybridized carbons (Fsp3) is 0. The van der Waals surface area contributed by atoms with Crippen LogP contribution in [0.15, 0.2) is 71.6 Å². The fourth-order valence-corrected chi connectivity index (χ4v) is 2.97. The first kappa shape index (κ1) is 16.4. The molecule has 2 aromatic heterocycles. The third kappa shape index (κ3) is 3.48. The molecule has 0 amide bonds. The topological polar surface area (TPSA) is 66.5 Å².